The van der Waals surface area contributed by atoms with Gasteiger partial charge >= 0.3 is 19.5 Å². The minimum atomic E-state index is 0. The van der Waals surface area contributed by atoms with Gasteiger partial charge in [0.2, 0.25) is 0 Å². The van der Waals surface area contributed by atoms with E-state index in [9.17, 15) is 0 Å². The van der Waals surface area contributed by atoms with E-state index in [0.29, 0.717) is 13.2 Å². The maximum Gasteiger partial charge on any atom is 2.00 e. The van der Waals surface area contributed by atoms with Crippen molar-refractivity contribution in [2.24, 2.45) is 0 Å². The first-order valence-corrected chi connectivity index (χ1v) is 41.7. The molecule has 0 spiro atoms. The molecule has 18 rings (SSSR count). The van der Waals surface area contributed by atoms with Gasteiger partial charge in [0, 0.05) is 49.6 Å². The summed E-state index contributed by atoms with van der Waals surface area (Å²) >= 11 is 0. The van der Waals surface area contributed by atoms with Crippen molar-refractivity contribution in [1.82, 2.24) is 59.8 Å². The Morgan fingerprint density at radius 1 is 0.176 bits per heavy atom. The van der Waals surface area contributed by atoms with Gasteiger partial charge in [0.1, 0.15) is 11.5 Å². The van der Waals surface area contributed by atoms with Crippen LogP contribution in [-0.4, -0.2) is 73.0 Å². The fraction of sp³-hybridized carbons (Fsp3) is 0.111. The van der Waals surface area contributed by atoms with Gasteiger partial charge in [-0.1, -0.05) is 198 Å². The average Bonchev–Trinajstić information content (AvgIpc) is 0.791. The second kappa shape index (κ2) is 43.1. The molecule has 0 fully saturated rings. The third kappa shape index (κ3) is 22.2. The van der Waals surface area contributed by atoms with Crippen molar-refractivity contribution < 1.29 is 53.8 Å². The molecule has 12 aromatic heterocycles. The zero-order valence-electron chi connectivity index (χ0n) is 69.2. The molecule has 0 unspecified atom stereocenters. The van der Waals surface area contributed by atoms with Gasteiger partial charge in [0.15, 0.2) is 0 Å². The van der Waals surface area contributed by atoms with Crippen molar-refractivity contribution in [3.8, 4) is 192 Å². The first-order valence-electron chi connectivity index (χ1n) is 41.7. The molecule has 0 bridgehead atoms. The zero-order chi connectivity index (χ0) is 82.4. The van der Waals surface area contributed by atoms with Crippen LogP contribution in [0.2, 0.25) is 0 Å². The fourth-order valence-corrected chi connectivity index (χ4v) is 14.8. The topological polar surface area (TPSA) is 173 Å². The number of hydrogen-bond donors (Lipinski definition) is 0. The maximum absolute atomic E-state index is 6.45. The third-order valence-corrected chi connectivity index (χ3v) is 21.3. The molecular formula is C108H88Cl2N12O2Ru. The van der Waals surface area contributed by atoms with E-state index in [1.807, 2.05) is 146 Å². The van der Waals surface area contributed by atoms with E-state index in [1.54, 1.807) is 49.6 Å². The third-order valence-electron chi connectivity index (χ3n) is 21.3. The second-order valence-electron chi connectivity index (χ2n) is 29.8. The van der Waals surface area contributed by atoms with E-state index in [-0.39, 0.29) is 44.3 Å². The molecule has 0 atom stereocenters. The number of hydrogen-bond acceptors (Lipinski definition) is 14. The van der Waals surface area contributed by atoms with Crippen LogP contribution in [0.25, 0.3) is 180 Å². The van der Waals surface area contributed by atoms with Gasteiger partial charge in [-0.2, -0.15) is 0 Å². The fourth-order valence-electron chi connectivity index (χ4n) is 14.8. The Hall–Kier alpha value is -14.1. The van der Waals surface area contributed by atoms with Gasteiger partial charge in [-0.3, -0.25) is 39.9 Å². The molecule has 17 heteroatoms. The number of halogens is 2. The summed E-state index contributed by atoms with van der Waals surface area (Å²) in [5.41, 5.74) is 30.1. The summed E-state index contributed by atoms with van der Waals surface area (Å²) in [6, 6.07) is 112. The minimum Gasteiger partial charge on any atom is -1.00 e. The number of ether oxygens (including phenoxy) is 2. The molecular weight excluding hydrogens is 1670 g/mol. The van der Waals surface area contributed by atoms with Gasteiger partial charge in [-0.25, -0.2) is 19.9 Å². The zero-order valence-corrected chi connectivity index (χ0v) is 72.4. The van der Waals surface area contributed by atoms with Crippen molar-refractivity contribution in [2.75, 3.05) is 13.2 Å². The molecule has 0 radical (unpaired) electrons. The molecule has 0 aliphatic rings. The standard InChI is InChI=1S/2C54H44N6O.2ClH.Ru/c2*1-2-3-4-13-30-61-46-32-42(38-18-22-40(23-19-38)44-34-51(47-14-5-9-26-55-47)59-52(35-44)48-15-6-10-27-56-48)31-43(33-46)39-20-24-41(25-21-39)45-36-53(49-16-7-11-28-57-49)60-54(37-45)50-17-8-12-29-58-50;;;/h2*5-12,14-29,31-37H,2-4,13,30H2,1H3;2*1H;/q;;;;+2/p-2. The Labute approximate surface area is 755 Å². The predicted octanol–water partition coefficient (Wildman–Crippen LogP) is 20.7. The van der Waals surface area contributed by atoms with E-state index in [4.69, 9.17) is 29.4 Å². The van der Waals surface area contributed by atoms with Crippen LogP contribution < -0.4 is 34.3 Å². The Morgan fingerprint density at radius 2 is 0.344 bits per heavy atom. The van der Waals surface area contributed by atoms with E-state index in [2.05, 4.69) is 236 Å². The molecule has 0 saturated heterocycles. The van der Waals surface area contributed by atoms with Gasteiger partial charge in [-0.15, -0.1) is 0 Å². The average molecular weight is 1760 g/mol. The predicted molar refractivity (Wildman–Crippen MR) is 493 cm³/mol. The maximum atomic E-state index is 6.45. The first-order chi connectivity index (χ1) is 60.3. The molecule has 18 aromatic rings. The van der Waals surface area contributed by atoms with E-state index < -0.39 is 0 Å². The molecule has 12 heterocycles. The molecule has 125 heavy (non-hydrogen) atoms. The summed E-state index contributed by atoms with van der Waals surface area (Å²) in [7, 11) is 0. The van der Waals surface area contributed by atoms with Crippen LogP contribution in [0.15, 0.2) is 377 Å². The van der Waals surface area contributed by atoms with Crippen LogP contribution in [0.5, 0.6) is 11.5 Å². The monoisotopic (exact) mass is 1760 g/mol. The Bertz CT molecular complexity index is 5480. The Kier molecular flexibility index (Phi) is 30.1. The summed E-state index contributed by atoms with van der Waals surface area (Å²) < 4.78 is 12.9. The second-order valence-corrected chi connectivity index (χ2v) is 29.8. The van der Waals surface area contributed by atoms with Crippen LogP contribution >= 0.6 is 0 Å². The molecule has 0 aliphatic carbocycles. The summed E-state index contributed by atoms with van der Waals surface area (Å²) in [4.78, 5) is 56.6. The summed E-state index contributed by atoms with van der Waals surface area (Å²) in [5, 5.41) is 0. The first kappa shape index (κ1) is 87.3. The van der Waals surface area contributed by atoms with Gasteiger partial charge < -0.3 is 34.3 Å². The molecule has 614 valence electrons. The molecule has 0 aliphatic heterocycles. The number of nitrogens with zero attached hydrogens (tertiary/aromatic N) is 12. The number of unbranched alkanes of at least 4 members (excludes halogenated alkanes) is 6. The largest absolute Gasteiger partial charge is 2.00 e. The number of benzene rings is 6. The van der Waals surface area contributed by atoms with Crippen molar-refractivity contribution in [3.63, 3.8) is 0 Å². The van der Waals surface area contributed by atoms with Crippen LogP contribution in [0, 0.1) is 0 Å². The number of aromatic nitrogens is 12. The molecule has 14 nitrogen and oxygen atoms in total. The summed E-state index contributed by atoms with van der Waals surface area (Å²) in [5.74, 6) is 1.72. The van der Waals surface area contributed by atoms with Gasteiger partial charge in [-0.05, 0) is 284 Å². The smallest absolute Gasteiger partial charge is 1.00 e. The van der Waals surface area contributed by atoms with Crippen LogP contribution in [0.3, 0.4) is 0 Å². The minimum absolute atomic E-state index is 0. The summed E-state index contributed by atoms with van der Waals surface area (Å²) in [6.45, 7) is 5.82. The van der Waals surface area contributed by atoms with Gasteiger partial charge in [0.25, 0.3) is 0 Å². The SMILES string of the molecule is CCCCCCOc1cc(-c2ccc(-c3cc(-c4ccccn4)nc(-c4ccccn4)c3)cc2)cc(-c2ccc(-c3cc(-c4ccccn4)nc(-c4ccccn4)c3)cc2)c1.CCCCCCOc1cc(-c2ccc(-c3cc(-c4ccccn4)nc(-c4ccccn4)c3)cc2)cc(-c2ccc(-c3cc(-c4ccccn4)nc(-c4ccccn4)c3)cc2)c1.[Cl-].[Cl-].[Ru+2]. The van der Waals surface area contributed by atoms with Crippen LogP contribution in [0.4, 0.5) is 0 Å². The van der Waals surface area contributed by atoms with Crippen molar-refractivity contribution in [3.05, 3.63) is 377 Å². The van der Waals surface area contributed by atoms with Crippen molar-refractivity contribution in [1.29, 1.82) is 0 Å². The number of rotatable bonds is 28. The van der Waals surface area contributed by atoms with Crippen molar-refractivity contribution >= 4 is 0 Å². The molecule has 0 N–H and O–H groups in total. The Balaban J connectivity index is 0.000000198. The number of pyridine rings is 12. The van der Waals surface area contributed by atoms with Crippen molar-refractivity contribution in [2.45, 2.75) is 65.2 Å². The quantitative estimate of drug-likeness (QED) is 0.0335. The van der Waals surface area contributed by atoms with Crippen LogP contribution in [0.1, 0.15) is 65.2 Å². The molecule has 0 amide bonds. The normalized spacial score (nSPS) is 10.8. The van der Waals surface area contributed by atoms with Gasteiger partial charge in [0.05, 0.1) is 104 Å². The van der Waals surface area contributed by atoms with E-state index >= 15 is 0 Å². The Morgan fingerprint density at radius 3 is 0.496 bits per heavy atom. The van der Waals surface area contributed by atoms with Crippen LogP contribution in [-0.2, 0) is 19.5 Å². The molecule has 0 saturated carbocycles. The van der Waals surface area contributed by atoms with E-state index in [0.717, 1.165) is 217 Å². The van der Waals surface area contributed by atoms with E-state index in [1.165, 1.54) is 25.7 Å². The summed E-state index contributed by atoms with van der Waals surface area (Å²) in [6.07, 6.45) is 23.5. The molecule has 6 aromatic carbocycles.